The van der Waals surface area contributed by atoms with Crippen LogP contribution in [0.4, 0.5) is 0 Å². The van der Waals surface area contributed by atoms with E-state index in [0.717, 1.165) is 33.0 Å². The summed E-state index contributed by atoms with van der Waals surface area (Å²) < 4.78 is 0. The summed E-state index contributed by atoms with van der Waals surface area (Å²) in [4.78, 5) is 43.8. The Kier molecular flexibility index (Phi) is 8.26. The van der Waals surface area contributed by atoms with Gasteiger partial charge >= 0.3 is 11.9 Å². The molecule has 0 aliphatic rings. The standard InChI is InChI=1S/C34H22N4O4S2/c39-33(40)7-5-21-15-27(25-19-23(9-11-35-25)31-3-1-13-43-31)37-29(17-21)30-18-22(6-8-34(41)42)16-28(38-30)26-20-24(10-12-36-26)32-4-2-14-44-32/h1-20H,(H,39,40)(H,41,42)/b7-5+,8-6+. The van der Waals surface area contributed by atoms with Crippen LogP contribution in [0.2, 0.25) is 0 Å². The van der Waals surface area contributed by atoms with Gasteiger partial charge in [-0.25, -0.2) is 19.6 Å². The van der Waals surface area contributed by atoms with E-state index in [1.807, 2.05) is 59.3 Å². The molecule has 6 aromatic heterocycles. The SMILES string of the molecule is O=C(O)/C=C/c1cc(-c2cc(-c3cccs3)ccn2)nc(-c2cc(/C=C/C(=O)O)cc(-c3cc(-c4cccs4)ccn3)n2)c1. The van der Waals surface area contributed by atoms with Crippen molar-refractivity contribution in [2.24, 2.45) is 0 Å². The molecule has 0 spiro atoms. The summed E-state index contributed by atoms with van der Waals surface area (Å²) in [7, 11) is 0. The molecule has 0 aliphatic carbocycles. The third kappa shape index (κ3) is 6.73. The molecule has 0 saturated carbocycles. The number of aromatic nitrogens is 4. The van der Waals surface area contributed by atoms with Gasteiger partial charge < -0.3 is 10.2 Å². The first-order valence-corrected chi connectivity index (χ1v) is 15.0. The summed E-state index contributed by atoms with van der Waals surface area (Å²) in [5.41, 5.74) is 6.32. The second kappa shape index (κ2) is 12.7. The van der Waals surface area contributed by atoms with Crippen LogP contribution in [0.1, 0.15) is 11.1 Å². The van der Waals surface area contributed by atoms with Gasteiger partial charge in [-0.15, -0.1) is 22.7 Å². The van der Waals surface area contributed by atoms with E-state index in [9.17, 15) is 19.8 Å². The van der Waals surface area contributed by atoms with Gasteiger partial charge in [-0.05, 0) is 106 Å². The van der Waals surface area contributed by atoms with Crippen molar-refractivity contribution in [2.45, 2.75) is 0 Å². The summed E-state index contributed by atoms with van der Waals surface area (Å²) in [5, 5.41) is 22.6. The Labute approximate surface area is 260 Å². The highest BCUT2D eigenvalue weighted by atomic mass is 32.1. The topological polar surface area (TPSA) is 126 Å². The number of pyridine rings is 4. The third-order valence-electron chi connectivity index (χ3n) is 6.45. The quantitative estimate of drug-likeness (QED) is 0.157. The minimum atomic E-state index is -1.08. The lowest BCUT2D eigenvalue weighted by molar-refractivity contribution is -0.132. The number of carbonyl (C=O) groups is 2. The Morgan fingerprint density at radius 1 is 0.568 bits per heavy atom. The highest BCUT2D eigenvalue weighted by Gasteiger charge is 2.14. The van der Waals surface area contributed by atoms with Gasteiger partial charge in [-0.3, -0.25) is 9.97 Å². The molecule has 0 aliphatic heterocycles. The predicted molar refractivity (Wildman–Crippen MR) is 174 cm³/mol. The molecule has 0 fully saturated rings. The Hall–Kier alpha value is -5.58. The van der Waals surface area contributed by atoms with Crippen LogP contribution in [0.15, 0.2) is 108 Å². The molecule has 6 heterocycles. The van der Waals surface area contributed by atoms with Crippen LogP contribution in [0, 0.1) is 0 Å². The van der Waals surface area contributed by atoms with Crippen molar-refractivity contribution in [1.29, 1.82) is 0 Å². The van der Waals surface area contributed by atoms with Crippen LogP contribution in [-0.2, 0) is 9.59 Å². The second-order valence-electron chi connectivity index (χ2n) is 9.50. The number of thiophene rings is 2. The number of hydrogen-bond donors (Lipinski definition) is 2. The minimum absolute atomic E-state index is 0.456. The number of carboxylic acids is 2. The van der Waals surface area contributed by atoms with Crippen LogP contribution in [0.3, 0.4) is 0 Å². The first kappa shape index (κ1) is 28.5. The van der Waals surface area contributed by atoms with E-state index in [1.54, 1.807) is 59.3 Å². The molecule has 0 aromatic carbocycles. The molecular formula is C34H22N4O4S2. The van der Waals surface area contributed by atoms with Gasteiger partial charge in [-0.2, -0.15) is 0 Å². The van der Waals surface area contributed by atoms with Crippen molar-refractivity contribution in [3.63, 3.8) is 0 Å². The molecule has 214 valence electrons. The van der Waals surface area contributed by atoms with Gasteiger partial charge in [0.25, 0.3) is 0 Å². The van der Waals surface area contributed by atoms with Gasteiger partial charge in [0.1, 0.15) is 0 Å². The number of nitrogens with zero attached hydrogens (tertiary/aromatic N) is 4. The zero-order valence-electron chi connectivity index (χ0n) is 22.9. The highest BCUT2D eigenvalue weighted by Crippen LogP contribution is 2.32. The number of aliphatic carboxylic acids is 2. The maximum absolute atomic E-state index is 11.4. The van der Waals surface area contributed by atoms with E-state index in [2.05, 4.69) is 9.97 Å². The number of hydrogen-bond acceptors (Lipinski definition) is 8. The fourth-order valence-corrected chi connectivity index (χ4v) is 5.94. The van der Waals surface area contributed by atoms with Crippen molar-refractivity contribution in [2.75, 3.05) is 0 Å². The monoisotopic (exact) mass is 614 g/mol. The van der Waals surface area contributed by atoms with Crippen LogP contribution in [-0.4, -0.2) is 42.1 Å². The maximum Gasteiger partial charge on any atom is 0.328 e. The third-order valence-corrected chi connectivity index (χ3v) is 8.29. The summed E-state index contributed by atoms with van der Waals surface area (Å²) >= 11 is 3.23. The number of rotatable bonds is 9. The van der Waals surface area contributed by atoms with Gasteiger partial charge in [0.2, 0.25) is 0 Å². The van der Waals surface area contributed by atoms with Crippen LogP contribution in [0.5, 0.6) is 0 Å². The average molecular weight is 615 g/mol. The van der Waals surface area contributed by atoms with Crippen molar-refractivity contribution >= 4 is 46.8 Å². The average Bonchev–Trinajstić information content (AvgIpc) is 3.78. The molecule has 0 unspecified atom stereocenters. The Balaban J connectivity index is 1.51. The van der Waals surface area contributed by atoms with Crippen LogP contribution < -0.4 is 0 Å². The van der Waals surface area contributed by atoms with Crippen molar-refractivity contribution < 1.29 is 19.8 Å². The summed E-state index contributed by atoms with van der Waals surface area (Å²) in [6.45, 7) is 0. The van der Waals surface area contributed by atoms with E-state index >= 15 is 0 Å². The van der Waals surface area contributed by atoms with Gasteiger partial charge in [0.05, 0.1) is 34.2 Å². The van der Waals surface area contributed by atoms with E-state index in [-0.39, 0.29) is 0 Å². The fourth-order valence-electron chi connectivity index (χ4n) is 4.49. The van der Waals surface area contributed by atoms with E-state index < -0.39 is 11.9 Å². The smallest absolute Gasteiger partial charge is 0.328 e. The highest BCUT2D eigenvalue weighted by molar-refractivity contribution is 7.13. The molecule has 0 bridgehead atoms. The zero-order chi connectivity index (χ0) is 30.5. The van der Waals surface area contributed by atoms with E-state index in [0.29, 0.717) is 45.3 Å². The lowest BCUT2D eigenvalue weighted by Gasteiger charge is -2.11. The van der Waals surface area contributed by atoms with Crippen molar-refractivity contribution in [1.82, 2.24) is 19.9 Å². The molecule has 44 heavy (non-hydrogen) atoms. The molecule has 0 radical (unpaired) electrons. The first-order chi connectivity index (χ1) is 21.4. The minimum Gasteiger partial charge on any atom is -0.478 e. The Morgan fingerprint density at radius 3 is 1.34 bits per heavy atom. The van der Waals surface area contributed by atoms with Crippen LogP contribution >= 0.6 is 22.7 Å². The molecule has 6 aromatic rings. The maximum atomic E-state index is 11.4. The lowest BCUT2D eigenvalue weighted by atomic mass is 10.0. The molecule has 0 amide bonds. The summed E-state index contributed by atoms with van der Waals surface area (Å²) in [5.74, 6) is -2.17. The molecular weight excluding hydrogens is 593 g/mol. The van der Waals surface area contributed by atoms with E-state index in [4.69, 9.17) is 9.97 Å². The zero-order valence-corrected chi connectivity index (χ0v) is 24.5. The van der Waals surface area contributed by atoms with Gasteiger partial charge in [-0.1, -0.05) is 12.1 Å². The summed E-state index contributed by atoms with van der Waals surface area (Å²) in [6.07, 6.45) is 8.52. The molecule has 8 nitrogen and oxygen atoms in total. The Morgan fingerprint density at radius 2 is 0.977 bits per heavy atom. The summed E-state index contributed by atoms with van der Waals surface area (Å²) in [6, 6.07) is 22.7. The fraction of sp³-hybridized carbons (Fsp3) is 0. The van der Waals surface area contributed by atoms with Crippen molar-refractivity contribution in [3.05, 3.63) is 119 Å². The second-order valence-corrected chi connectivity index (χ2v) is 11.4. The molecule has 0 atom stereocenters. The molecule has 10 heteroatoms. The normalized spacial score (nSPS) is 11.4. The van der Waals surface area contributed by atoms with Crippen LogP contribution in [0.25, 0.3) is 67.2 Å². The van der Waals surface area contributed by atoms with Gasteiger partial charge in [0, 0.05) is 34.3 Å². The Bertz CT molecular complexity index is 1890. The number of carboxylic acid groups (broad SMARTS) is 2. The molecule has 0 saturated heterocycles. The van der Waals surface area contributed by atoms with Gasteiger partial charge in [0.15, 0.2) is 0 Å². The van der Waals surface area contributed by atoms with E-state index in [1.165, 1.54) is 12.2 Å². The molecule has 2 N–H and O–H groups in total. The first-order valence-electron chi connectivity index (χ1n) is 13.3. The molecule has 6 rings (SSSR count). The lowest BCUT2D eigenvalue weighted by Crippen LogP contribution is -1.97. The predicted octanol–water partition coefficient (Wildman–Crippen LogP) is 7.92. The largest absolute Gasteiger partial charge is 0.478 e. The van der Waals surface area contributed by atoms with Crippen molar-refractivity contribution in [3.8, 4) is 55.0 Å².